The second-order valence-electron chi connectivity index (χ2n) is 11.6. The van der Waals surface area contributed by atoms with Crippen LogP contribution in [0.4, 0.5) is 4.39 Å². The second-order valence-corrected chi connectivity index (χ2v) is 13.2. The molecule has 1 aromatic rings. The number of aryl methyl sites for hydroxylation is 1. The minimum atomic E-state index is -1.70. The van der Waals surface area contributed by atoms with Gasteiger partial charge in [-0.3, -0.25) is 4.39 Å². The molecule has 0 bridgehead atoms. The highest BCUT2D eigenvalue weighted by molar-refractivity contribution is 7.79. The Kier molecular flexibility index (Phi) is 9.28. The molecule has 3 aliphatic carbocycles. The number of hydrogen-bond acceptors (Lipinski definition) is 4. The van der Waals surface area contributed by atoms with E-state index in [1.165, 1.54) is 39.8 Å². The van der Waals surface area contributed by atoms with Gasteiger partial charge >= 0.3 is 11.3 Å². The van der Waals surface area contributed by atoms with Crippen LogP contribution in [0.5, 0.6) is 0 Å². The quantitative estimate of drug-likeness (QED) is 0.327. The molecule has 41 heavy (non-hydrogen) atoms. The van der Waals surface area contributed by atoms with E-state index in [0.29, 0.717) is 18.2 Å². The van der Waals surface area contributed by atoms with E-state index in [-0.39, 0.29) is 12.6 Å². The number of allylic oxidation sites excluding steroid dienone is 10. The van der Waals surface area contributed by atoms with Gasteiger partial charge in [-0.2, -0.15) is 4.28 Å². The maximum absolute atomic E-state index is 12.6. The molecule has 6 rings (SSSR count). The molecule has 5 nitrogen and oxygen atoms in total. The van der Waals surface area contributed by atoms with Gasteiger partial charge in [-0.1, -0.05) is 59.1 Å². The zero-order valence-corrected chi connectivity index (χ0v) is 25.5. The third kappa shape index (κ3) is 6.65. The number of hydroxylamine groups is 1. The maximum Gasteiger partial charge on any atom is 0.309 e. The summed E-state index contributed by atoms with van der Waals surface area (Å²) in [6.07, 6.45) is 17.5. The first kappa shape index (κ1) is 29.1. The van der Waals surface area contributed by atoms with Crippen LogP contribution in [0.15, 0.2) is 73.7 Å². The number of hydrogen-bond donors (Lipinski definition) is 1. The van der Waals surface area contributed by atoms with E-state index in [9.17, 15) is 8.60 Å². The molecule has 0 radical (unpaired) electrons. The summed E-state index contributed by atoms with van der Waals surface area (Å²) in [5.74, 6) is 1.39. The Bertz CT molecular complexity index is 1410. The first-order chi connectivity index (χ1) is 20.0. The molecule has 1 fully saturated rings. The second kappa shape index (κ2) is 13.1. The molecule has 1 aromatic carbocycles. The van der Waals surface area contributed by atoms with Crippen molar-refractivity contribution in [2.75, 3.05) is 26.3 Å². The lowest BCUT2D eigenvalue weighted by Crippen LogP contribution is -2.22. The van der Waals surface area contributed by atoms with Crippen LogP contribution in [0.1, 0.15) is 68.1 Å². The molecule has 1 N–H and O–H groups in total. The van der Waals surface area contributed by atoms with E-state index in [4.69, 9.17) is 27.5 Å². The van der Waals surface area contributed by atoms with Gasteiger partial charge in [-0.25, -0.2) is 9.69 Å². The zero-order valence-electron chi connectivity index (χ0n) is 23.1. The van der Waals surface area contributed by atoms with Gasteiger partial charge in [0.2, 0.25) is 0 Å². The SMILES string of the molecule is O=S1N=C(c2ccc3c(c2)CCCC(C2=C(Cl)C=C(Cl)CC2)=C3C2C=CC(CC3CCN(CCCF)C3)=CC2)NO1. The van der Waals surface area contributed by atoms with Gasteiger partial charge < -0.3 is 4.90 Å². The molecule has 218 valence electrons. The van der Waals surface area contributed by atoms with Crippen molar-refractivity contribution in [3.63, 3.8) is 0 Å². The smallest absolute Gasteiger partial charge is 0.303 e. The number of rotatable bonds is 8. The van der Waals surface area contributed by atoms with Gasteiger partial charge in [0.15, 0.2) is 5.84 Å². The van der Waals surface area contributed by atoms with Crippen LogP contribution >= 0.6 is 23.2 Å². The van der Waals surface area contributed by atoms with Crippen molar-refractivity contribution in [2.45, 2.75) is 57.8 Å². The summed E-state index contributed by atoms with van der Waals surface area (Å²) < 4.78 is 33.3. The van der Waals surface area contributed by atoms with Crippen molar-refractivity contribution in [3.8, 4) is 0 Å². The first-order valence-corrected chi connectivity index (χ1v) is 16.5. The monoisotopic (exact) mass is 615 g/mol. The molecular weight excluding hydrogens is 580 g/mol. The predicted octanol–water partition coefficient (Wildman–Crippen LogP) is 7.62. The standard InChI is InChI=1S/C32H36Cl2FN3O2S/c33-26-10-12-28(30(34)19-26)29-4-1-3-24-18-25(32-36-40-41(39)37-32)9-11-27(24)31(29)23-7-5-21(6-8-23)17-22-13-16-38(20-22)15-2-14-35/h5-7,9,11,18-19,22-23H,1-4,8,10,12-17,20H2,(H,36,37). The topological polar surface area (TPSA) is 53.9 Å². The van der Waals surface area contributed by atoms with Crippen LogP contribution in [-0.4, -0.2) is 41.3 Å². The summed E-state index contributed by atoms with van der Waals surface area (Å²) in [7, 11) is 0. The molecule has 0 aromatic heterocycles. The average molecular weight is 617 g/mol. The van der Waals surface area contributed by atoms with Crippen LogP contribution in [-0.2, 0) is 22.0 Å². The van der Waals surface area contributed by atoms with Gasteiger partial charge in [-0.05, 0) is 110 Å². The number of likely N-dealkylation sites (tertiary alicyclic amines) is 1. The Labute approximate surface area is 254 Å². The molecule has 0 saturated carbocycles. The number of benzene rings is 1. The van der Waals surface area contributed by atoms with Crippen LogP contribution in [0.2, 0.25) is 0 Å². The largest absolute Gasteiger partial charge is 0.309 e. The average Bonchev–Trinajstić information content (AvgIpc) is 3.56. The Morgan fingerprint density at radius 3 is 2.83 bits per heavy atom. The fourth-order valence-corrected chi connectivity index (χ4v) is 7.96. The molecule has 3 unspecified atom stereocenters. The molecule has 1 saturated heterocycles. The van der Waals surface area contributed by atoms with E-state index in [1.54, 1.807) is 0 Å². The third-order valence-corrected chi connectivity index (χ3v) is 10.0. The summed E-state index contributed by atoms with van der Waals surface area (Å²) >= 11 is 11.5. The number of nitrogens with zero attached hydrogens (tertiary/aromatic N) is 2. The Morgan fingerprint density at radius 2 is 2.07 bits per heavy atom. The van der Waals surface area contributed by atoms with Gasteiger partial charge in [-0.15, -0.1) is 4.40 Å². The molecule has 2 heterocycles. The van der Waals surface area contributed by atoms with E-state index >= 15 is 0 Å². The number of nitrogens with one attached hydrogen (secondary N) is 1. The van der Waals surface area contributed by atoms with E-state index in [1.807, 2.05) is 12.1 Å². The molecule has 0 amide bonds. The van der Waals surface area contributed by atoms with Gasteiger partial charge in [0.25, 0.3) is 0 Å². The summed E-state index contributed by atoms with van der Waals surface area (Å²) in [5.41, 5.74) is 11.4. The highest BCUT2D eigenvalue weighted by Crippen LogP contribution is 2.45. The van der Waals surface area contributed by atoms with E-state index < -0.39 is 11.3 Å². The minimum absolute atomic E-state index is 0.231. The van der Waals surface area contributed by atoms with Crippen molar-refractivity contribution in [1.82, 2.24) is 10.4 Å². The van der Waals surface area contributed by atoms with Crippen LogP contribution in [0.25, 0.3) is 5.57 Å². The number of halogens is 3. The maximum atomic E-state index is 12.6. The van der Waals surface area contributed by atoms with E-state index in [2.05, 4.69) is 45.1 Å². The molecule has 0 spiro atoms. The van der Waals surface area contributed by atoms with Crippen molar-refractivity contribution in [1.29, 1.82) is 0 Å². The molecule has 2 aliphatic heterocycles. The highest BCUT2D eigenvalue weighted by Gasteiger charge is 2.29. The summed E-state index contributed by atoms with van der Waals surface area (Å²) in [6, 6.07) is 6.39. The van der Waals surface area contributed by atoms with Gasteiger partial charge in [0.05, 0.1) is 6.67 Å². The molecular formula is C32H36Cl2FN3O2S. The Hall–Kier alpha value is -2.03. The van der Waals surface area contributed by atoms with Crippen molar-refractivity contribution >= 4 is 45.9 Å². The summed E-state index contributed by atoms with van der Waals surface area (Å²) in [5, 5.41) is 1.57. The predicted molar refractivity (Wildman–Crippen MR) is 166 cm³/mol. The zero-order chi connectivity index (χ0) is 28.3. The van der Waals surface area contributed by atoms with Gasteiger partial charge in [0, 0.05) is 34.6 Å². The normalized spacial score (nSPS) is 26.9. The molecule has 5 aliphatic rings. The number of alkyl halides is 1. The fourth-order valence-electron chi connectivity index (χ4n) is 6.88. The Balaban J connectivity index is 1.30. The first-order valence-electron chi connectivity index (χ1n) is 14.7. The number of fused-ring (bicyclic) bond motifs is 1. The van der Waals surface area contributed by atoms with Crippen LogP contribution in [0, 0.1) is 11.8 Å². The molecule has 9 heteroatoms. The number of amidine groups is 1. The van der Waals surface area contributed by atoms with Crippen LogP contribution < -0.4 is 5.48 Å². The lowest BCUT2D eigenvalue weighted by molar-refractivity contribution is 0.301. The lowest BCUT2D eigenvalue weighted by Gasteiger charge is -2.27. The van der Waals surface area contributed by atoms with Crippen molar-refractivity contribution in [2.24, 2.45) is 16.2 Å². The summed E-state index contributed by atoms with van der Waals surface area (Å²) in [4.78, 5) is 2.41. The molecule has 3 atom stereocenters. The van der Waals surface area contributed by atoms with Crippen molar-refractivity contribution < 1.29 is 12.9 Å². The van der Waals surface area contributed by atoms with Crippen molar-refractivity contribution in [3.05, 3.63) is 86.0 Å². The van der Waals surface area contributed by atoms with Gasteiger partial charge in [0.1, 0.15) is 0 Å². The third-order valence-electron chi connectivity index (χ3n) is 8.84. The highest BCUT2D eigenvalue weighted by atomic mass is 35.5. The lowest BCUT2D eigenvalue weighted by atomic mass is 9.78. The fraction of sp³-hybridized carbons (Fsp3) is 0.469. The summed E-state index contributed by atoms with van der Waals surface area (Å²) in [6.45, 7) is 2.79. The van der Waals surface area contributed by atoms with E-state index in [0.717, 1.165) is 80.2 Å². The minimum Gasteiger partial charge on any atom is -0.303 e. The Morgan fingerprint density at radius 1 is 1.17 bits per heavy atom. The van der Waals surface area contributed by atoms with Crippen LogP contribution in [0.3, 0.4) is 0 Å².